The second-order valence-electron chi connectivity index (χ2n) is 5.55. The maximum atomic E-state index is 12.6. The molecule has 0 bridgehead atoms. The Labute approximate surface area is 147 Å². The summed E-state index contributed by atoms with van der Waals surface area (Å²) in [6, 6.07) is 18.0. The number of ether oxygens (including phenoxy) is 2. The third kappa shape index (κ3) is 3.92. The van der Waals surface area contributed by atoms with Gasteiger partial charge < -0.3 is 9.47 Å². The van der Waals surface area contributed by atoms with E-state index in [2.05, 4.69) is 4.72 Å². The summed E-state index contributed by atoms with van der Waals surface area (Å²) in [6.45, 7) is 0.142. The summed E-state index contributed by atoms with van der Waals surface area (Å²) >= 11 is 0. The highest BCUT2D eigenvalue weighted by Crippen LogP contribution is 2.23. The van der Waals surface area contributed by atoms with E-state index in [4.69, 9.17) is 9.47 Å². The van der Waals surface area contributed by atoms with Crippen molar-refractivity contribution in [2.75, 3.05) is 14.2 Å². The molecule has 0 amide bonds. The molecule has 0 unspecified atom stereocenters. The zero-order chi connectivity index (χ0) is 17.9. The SMILES string of the molecule is COc1cc(CNS(=O)(=O)c2ccc3ccccc3c2)cc(OC)c1. The molecule has 0 saturated heterocycles. The summed E-state index contributed by atoms with van der Waals surface area (Å²) in [7, 11) is -0.514. The van der Waals surface area contributed by atoms with Gasteiger partial charge in [0.2, 0.25) is 10.0 Å². The van der Waals surface area contributed by atoms with Crippen LogP contribution in [0.15, 0.2) is 65.6 Å². The number of methoxy groups -OCH3 is 2. The third-order valence-corrected chi connectivity index (χ3v) is 5.31. The highest BCUT2D eigenvalue weighted by Gasteiger charge is 2.14. The zero-order valence-electron chi connectivity index (χ0n) is 14.0. The predicted octanol–water partition coefficient (Wildman–Crippen LogP) is 3.34. The molecule has 1 N–H and O–H groups in total. The minimum Gasteiger partial charge on any atom is -0.497 e. The van der Waals surface area contributed by atoms with Crippen LogP contribution in [0, 0.1) is 0 Å². The molecule has 3 rings (SSSR count). The number of fused-ring (bicyclic) bond motifs is 1. The van der Waals surface area contributed by atoms with Gasteiger partial charge in [0.1, 0.15) is 11.5 Å². The fourth-order valence-corrected chi connectivity index (χ4v) is 3.62. The molecule has 0 saturated carbocycles. The lowest BCUT2D eigenvalue weighted by Crippen LogP contribution is -2.23. The van der Waals surface area contributed by atoms with Crippen LogP contribution in [0.25, 0.3) is 10.8 Å². The molecule has 0 spiro atoms. The fraction of sp³-hybridized carbons (Fsp3) is 0.158. The van der Waals surface area contributed by atoms with E-state index >= 15 is 0 Å². The quantitative estimate of drug-likeness (QED) is 0.735. The molecule has 3 aromatic carbocycles. The highest BCUT2D eigenvalue weighted by atomic mass is 32.2. The van der Waals surface area contributed by atoms with Crippen molar-refractivity contribution in [2.45, 2.75) is 11.4 Å². The van der Waals surface area contributed by atoms with Crippen LogP contribution in [0.1, 0.15) is 5.56 Å². The standard InChI is InChI=1S/C19H19NO4S/c1-23-17-9-14(10-18(12-17)24-2)13-20-25(21,22)19-8-7-15-5-3-4-6-16(15)11-19/h3-12,20H,13H2,1-2H3. The number of hydrogen-bond donors (Lipinski definition) is 1. The molecule has 25 heavy (non-hydrogen) atoms. The summed E-state index contributed by atoms with van der Waals surface area (Å²) in [5.74, 6) is 1.22. The number of nitrogens with one attached hydrogen (secondary N) is 1. The number of hydrogen-bond acceptors (Lipinski definition) is 4. The Bertz CT molecular complexity index is 977. The lowest BCUT2D eigenvalue weighted by atomic mass is 10.1. The maximum Gasteiger partial charge on any atom is 0.240 e. The summed E-state index contributed by atoms with van der Waals surface area (Å²) in [5.41, 5.74) is 0.751. The van der Waals surface area contributed by atoms with Gasteiger partial charge >= 0.3 is 0 Å². The van der Waals surface area contributed by atoms with E-state index in [0.29, 0.717) is 11.5 Å². The lowest BCUT2D eigenvalue weighted by molar-refractivity contribution is 0.393. The fourth-order valence-electron chi connectivity index (χ4n) is 2.56. The molecule has 0 heterocycles. The number of sulfonamides is 1. The first-order valence-corrected chi connectivity index (χ1v) is 9.20. The van der Waals surface area contributed by atoms with Crippen LogP contribution in [0.2, 0.25) is 0 Å². The first-order chi connectivity index (χ1) is 12.0. The average molecular weight is 357 g/mol. The molecular formula is C19H19NO4S. The zero-order valence-corrected chi connectivity index (χ0v) is 14.8. The monoisotopic (exact) mass is 357 g/mol. The molecule has 0 aliphatic rings. The van der Waals surface area contributed by atoms with Gasteiger partial charge in [-0.25, -0.2) is 13.1 Å². The van der Waals surface area contributed by atoms with Crippen molar-refractivity contribution in [3.8, 4) is 11.5 Å². The van der Waals surface area contributed by atoms with E-state index in [1.807, 2.05) is 24.3 Å². The molecule has 0 radical (unpaired) electrons. The summed E-state index contributed by atoms with van der Waals surface area (Å²) in [5, 5.41) is 1.88. The van der Waals surface area contributed by atoms with Crippen molar-refractivity contribution < 1.29 is 17.9 Å². The molecule has 0 aromatic heterocycles. The first-order valence-electron chi connectivity index (χ1n) is 7.72. The lowest BCUT2D eigenvalue weighted by Gasteiger charge is -2.10. The van der Waals surface area contributed by atoms with Gasteiger partial charge in [0.15, 0.2) is 0 Å². The largest absolute Gasteiger partial charge is 0.497 e. The van der Waals surface area contributed by atoms with Gasteiger partial charge in [-0.2, -0.15) is 0 Å². The van der Waals surface area contributed by atoms with Crippen LogP contribution in [0.4, 0.5) is 0 Å². The average Bonchev–Trinajstić information content (AvgIpc) is 2.65. The van der Waals surface area contributed by atoms with Crippen molar-refractivity contribution in [1.29, 1.82) is 0 Å². The Morgan fingerprint density at radius 3 is 2.12 bits per heavy atom. The molecule has 130 valence electrons. The molecule has 3 aromatic rings. The predicted molar refractivity (Wildman–Crippen MR) is 97.5 cm³/mol. The Morgan fingerprint density at radius 2 is 1.48 bits per heavy atom. The van der Waals surface area contributed by atoms with Gasteiger partial charge in [-0.1, -0.05) is 30.3 Å². The van der Waals surface area contributed by atoms with Crippen molar-refractivity contribution in [3.05, 3.63) is 66.2 Å². The Kier molecular flexibility index (Phi) is 4.92. The summed E-state index contributed by atoms with van der Waals surface area (Å²) in [4.78, 5) is 0.237. The van der Waals surface area contributed by atoms with Crippen molar-refractivity contribution in [3.63, 3.8) is 0 Å². The molecule has 0 aliphatic carbocycles. The molecule has 6 heteroatoms. The second-order valence-corrected chi connectivity index (χ2v) is 7.32. The summed E-state index contributed by atoms with van der Waals surface area (Å²) < 4.78 is 38.2. The van der Waals surface area contributed by atoms with E-state index in [-0.39, 0.29) is 11.4 Å². The normalized spacial score (nSPS) is 11.4. The van der Waals surface area contributed by atoms with E-state index in [9.17, 15) is 8.42 Å². The van der Waals surface area contributed by atoms with Crippen LogP contribution in [-0.2, 0) is 16.6 Å². The number of benzene rings is 3. The van der Waals surface area contributed by atoms with Crippen LogP contribution < -0.4 is 14.2 Å². The van der Waals surface area contributed by atoms with Crippen LogP contribution in [0.3, 0.4) is 0 Å². The van der Waals surface area contributed by atoms with Gasteiger partial charge in [-0.15, -0.1) is 0 Å². The minimum absolute atomic E-state index is 0.142. The van der Waals surface area contributed by atoms with E-state index in [1.165, 1.54) is 0 Å². The van der Waals surface area contributed by atoms with Gasteiger partial charge in [-0.3, -0.25) is 0 Å². The highest BCUT2D eigenvalue weighted by molar-refractivity contribution is 7.89. The van der Waals surface area contributed by atoms with Crippen molar-refractivity contribution in [2.24, 2.45) is 0 Å². The van der Waals surface area contributed by atoms with E-state index in [0.717, 1.165) is 16.3 Å². The molecule has 0 fully saturated rings. The molecule has 0 aliphatic heterocycles. The van der Waals surface area contributed by atoms with Gasteiger partial charge in [0, 0.05) is 12.6 Å². The van der Waals surface area contributed by atoms with Crippen LogP contribution in [0.5, 0.6) is 11.5 Å². The molecule has 0 atom stereocenters. The van der Waals surface area contributed by atoms with Gasteiger partial charge in [0.05, 0.1) is 19.1 Å². The van der Waals surface area contributed by atoms with E-state index < -0.39 is 10.0 Å². The van der Waals surface area contributed by atoms with Gasteiger partial charge in [-0.05, 0) is 40.6 Å². The maximum absolute atomic E-state index is 12.6. The molecular weight excluding hydrogens is 338 g/mol. The Hall–Kier alpha value is -2.57. The molecule has 5 nitrogen and oxygen atoms in total. The van der Waals surface area contributed by atoms with E-state index in [1.54, 1.807) is 50.6 Å². The number of rotatable bonds is 6. The second kappa shape index (κ2) is 7.13. The van der Waals surface area contributed by atoms with Crippen LogP contribution in [-0.4, -0.2) is 22.6 Å². The Morgan fingerprint density at radius 1 is 0.840 bits per heavy atom. The van der Waals surface area contributed by atoms with Crippen molar-refractivity contribution in [1.82, 2.24) is 4.72 Å². The first kappa shape index (κ1) is 17.3. The smallest absolute Gasteiger partial charge is 0.240 e. The van der Waals surface area contributed by atoms with Crippen molar-refractivity contribution >= 4 is 20.8 Å². The summed E-state index contributed by atoms with van der Waals surface area (Å²) in [6.07, 6.45) is 0. The third-order valence-electron chi connectivity index (χ3n) is 3.91. The minimum atomic E-state index is -3.62. The topological polar surface area (TPSA) is 64.6 Å². The Balaban J connectivity index is 1.83. The van der Waals surface area contributed by atoms with Gasteiger partial charge in [0.25, 0.3) is 0 Å². The van der Waals surface area contributed by atoms with Crippen LogP contribution >= 0.6 is 0 Å².